The van der Waals surface area contributed by atoms with Crippen LogP contribution in [0.1, 0.15) is 74.3 Å². The van der Waals surface area contributed by atoms with Gasteiger partial charge < -0.3 is 19.8 Å². The van der Waals surface area contributed by atoms with Crippen LogP contribution in [0.3, 0.4) is 0 Å². The number of sulfone groups is 1. The molecule has 0 bridgehead atoms. The zero-order chi connectivity index (χ0) is 28.7. The van der Waals surface area contributed by atoms with Crippen LogP contribution in [0.15, 0.2) is 36.4 Å². The van der Waals surface area contributed by atoms with Gasteiger partial charge in [0.1, 0.15) is 22.2 Å². The van der Waals surface area contributed by atoms with Crippen LogP contribution in [0.5, 0.6) is 5.75 Å². The third-order valence-corrected chi connectivity index (χ3v) is 8.04. The molecule has 2 aromatic carbocycles. The van der Waals surface area contributed by atoms with E-state index in [2.05, 4.69) is 31.2 Å². The molecule has 0 aliphatic rings. The molecular formula is C30H45NO6S. The molecule has 7 nitrogen and oxygen atoms in total. The number of ether oxygens (including phenoxy) is 1. The molecule has 1 amide bonds. The Labute approximate surface area is 228 Å². The number of amides is 1. The van der Waals surface area contributed by atoms with E-state index >= 15 is 0 Å². The number of aryl methyl sites for hydroxylation is 3. The highest BCUT2D eigenvalue weighted by molar-refractivity contribution is 7.90. The van der Waals surface area contributed by atoms with Crippen LogP contribution in [0, 0.1) is 19.3 Å². The average Bonchev–Trinajstić information content (AvgIpc) is 2.81. The van der Waals surface area contributed by atoms with Gasteiger partial charge in [0.15, 0.2) is 0 Å². The quantitative estimate of drug-likeness (QED) is 0.331. The Balaban J connectivity index is 2.03. The molecular weight excluding hydrogens is 502 g/mol. The highest BCUT2D eigenvalue weighted by Crippen LogP contribution is 2.29. The van der Waals surface area contributed by atoms with Gasteiger partial charge in [-0.2, -0.15) is 0 Å². The zero-order valence-electron chi connectivity index (χ0n) is 24.0. The molecule has 2 aromatic rings. The van der Waals surface area contributed by atoms with Gasteiger partial charge in [0.05, 0.1) is 11.9 Å². The van der Waals surface area contributed by atoms with Crippen molar-refractivity contribution in [1.82, 2.24) is 4.90 Å². The Morgan fingerprint density at radius 1 is 1.08 bits per heavy atom. The number of carbonyl (C=O) groups is 1. The number of carboxylic acid groups (broad SMARTS) is 1. The molecule has 0 heterocycles. The van der Waals surface area contributed by atoms with Gasteiger partial charge in [0.25, 0.3) is 0 Å². The Morgan fingerprint density at radius 3 is 2.29 bits per heavy atom. The first-order valence-electron chi connectivity index (χ1n) is 13.3. The third-order valence-electron chi connectivity index (χ3n) is 7.11. The molecule has 2 unspecified atom stereocenters. The van der Waals surface area contributed by atoms with Crippen LogP contribution < -0.4 is 4.74 Å². The first-order chi connectivity index (χ1) is 17.6. The predicted octanol–water partition coefficient (Wildman–Crippen LogP) is 5.74. The predicted molar refractivity (Wildman–Crippen MR) is 153 cm³/mol. The van der Waals surface area contributed by atoms with Gasteiger partial charge in [0.2, 0.25) is 0 Å². The van der Waals surface area contributed by atoms with Crippen molar-refractivity contribution >= 4 is 15.9 Å². The molecule has 0 saturated heterocycles. The second-order valence-corrected chi connectivity index (χ2v) is 13.7. The fourth-order valence-electron chi connectivity index (χ4n) is 4.27. The van der Waals surface area contributed by atoms with Crippen LogP contribution in [0.25, 0.3) is 0 Å². The maximum atomic E-state index is 11.6. The lowest BCUT2D eigenvalue weighted by Gasteiger charge is -2.26. The van der Waals surface area contributed by atoms with E-state index in [-0.39, 0.29) is 30.9 Å². The van der Waals surface area contributed by atoms with E-state index in [1.54, 1.807) is 0 Å². The minimum atomic E-state index is -3.24. The molecule has 212 valence electrons. The first kappa shape index (κ1) is 31.6. The zero-order valence-corrected chi connectivity index (χ0v) is 24.8. The minimum Gasteiger partial charge on any atom is -0.491 e. The molecule has 38 heavy (non-hydrogen) atoms. The number of aliphatic hydroxyl groups is 1. The lowest BCUT2D eigenvalue weighted by Crippen LogP contribution is -2.33. The Hall–Kier alpha value is -2.58. The molecule has 0 spiro atoms. The van der Waals surface area contributed by atoms with Crippen molar-refractivity contribution in [3.8, 4) is 5.75 Å². The van der Waals surface area contributed by atoms with Gasteiger partial charge in [-0.05, 0) is 78.3 Å². The van der Waals surface area contributed by atoms with Crippen LogP contribution in [0.2, 0.25) is 0 Å². The fraction of sp³-hybridized carbons (Fsp3) is 0.567. The second-order valence-electron chi connectivity index (χ2n) is 11.5. The van der Waals surface area contributed by atoms with E-state index in [0.29, 0.717) is 5.92 Å². The van der Waals surface area contributed by atoms with Crippen LogP contribution in [-0.4, -0.2) is 60.9 Å². The normalized spacial score (nSPS) is 13.7. The molecule has 2 rings (SSSR count). The van der Waals surface area contributed by atoms with Gasteiger partial charge in [-0.15, -0.1) is 0 Å². The molecule has 0 fully saturated rings. The van der Waals surface area contributed by atoms with E-state index < -0.39 is 22.0 Å². The van der Waals surface area contributed by atoms with Gasteiger partial charge in [-0.1, -0.05) is 58.0 Å². The molecule has 2 atom stereocenters. The van der Waals surface area contributed by atoms with Gasteiger partial charge >= 0.3 is 6.09 Å². The van der Waals surface area contributed by atoms with E-state index in [0.717, 1.165) is 52.9 Å². The number of hydrogen-bond donors (Lipinski definition) is 2. The Bertz CT molecular complexity index is 1190. The molecule has 8 heteroatoms. The summed E-state index contributed by atoms with van der Waals surface area (Å²) >= 11 is 0. The summed E-state index contributed by atoms with van der Waals surface area (Å²) < 4.78 is 28.8. The summed E-state index contributed by atoms with van der Waals surface area (Å²) in [5, 5.41) is 19.8. The summed E-state index contributed by atoms with van der Waals surface area (Å²) in [6.45, 7) is 12.5. The van der Waals surface area contributed by atoms with Crippen molar-refractivity contribution < 1.29 is 28.2 Å². The molecule has 0 saturated carbocycles. The lowest BCUT2D eigenvalue weighted by atomic mass is 9.88. The largest absolute Gasteiger partial charge is 0.491 e. The van der Waals surface area contributed by atoms with Crippen molar-refractivity contribution in [2.24, 2.45) is 5.41 Å². The van der Waals surface area contributed by atoms with Crippen molar-refractivity contribution in [1.29, 1.82) is 0 Å². The number of benzene rings is 2. The highest BCUT2D eigenvalue weighted by Gasteiger charge is 2.23. The van der Waals surface area contributed by atoms with Crippen molar-refractivity contribution in [2.45, 2.75) is 79.4 Å². The summed E-state index contributed by atoms with van der Waals surface area (Å²) in [6, 6.07) is 12.4. The molecule has 0 aliphatic heterocycles. The minimum absolute atomic E-state index is 0.0483. The smallest absolute Gasteiger partial charge is 0.407 e. The van der Waals surface area contributed by atoms with Crippen LogP contribution in [0.4, 0.5) is 4.79 Å². The summed E-state index contributed by atoms with van der Waals surface area (Å²) in [6.07, 6.45) is 2.33. The van der Waals surface area contributed by atoms with E-state index in [1.165, 1.54) is 11.1 Å². The number of rotatable bonds is 13. The molecule has 2 N–H and O–H groups in total. The summed E-state index contributed by atoms with van der Waals surface area (Å²) in [4.78, 5) is 12.8. The Kier molecular flexibility index (Phi) is 11.2. The first-order valence-corrected chi connectivity index (χ1v) is 15.3. The summed E-state index contributed by atoms with van der Waals surface area (Å²) in [5.74, 6) is 0.962. The second kappa shape index (κ2) is 13.5. The van der Waals surface area contributed by atoms with E-state index in [4.69, 9.17) is 4.74 Å². The molecule has 0 aromatic heterocycles. The lowest BCUT2D eigenvalue weighted by molar-refractivity contribution is 0.0216. The van der Waals surface area contributed by atoms with Gasteiger partial charge in [0, 0.05) is 19.3 Å². The third kappa shape index (κ3) is 9.95. The van der Waals surface area contributed by atoms with Gasteiger partial charge in [-0.3, -0.25) is 0 Å². The van der Waals surface area contributed by atoms with Crippen molar-refractivity contribution in [2.75, 3.05) is 25.2 Å². The highest BCUT2D eigenvalue weighted by atomic mass is 32.2. The molecule has 0 aliphatic carbocycles. The monoisotopic (exact) mass is 547 g/mol. The topological polar surface area (TPSA) is 104 Å². The number of aliphatic hydroxyl groups excluding tert-OH is 1. The number of hydrogen-bond acceptors (Lipinski definition) is 5. The average molecular weight is 548 g/mol. The number of nitrogens with zero attached hydrogens (tertiary/aromatic N) is 1. The van der Waals surface area contributed by atoms with Crippen molar-refractivity contribution in [3.05, 3.63) is 64.2 Å². The van der Waals surface area contributed by atoms with E-state index in [1.807, 2.05) is 46.8 Å². The van der Waals surface area contributed by atoms with Gasteiger partial charge in [-0.25, -0.2) is 13.2 Å². The Morgan fingerprint density at radius 2 is 1.76 bits per heavy atom. The van der Waals surface area contributed by atoms with Crippen molar-refractivity contribution in [3.63, 3.8) is 0 Å². The van der Waals surface area contributed by atoms with E-state index in [9.17, 15) is 23.4 Å². The molecule has 0 radical (unpaired) electrons. The maximum Gasteiger partial charge on any atom is 0.407 e. The SMILES string of the molecule is CCC(CCc1ccc(OCC(O)C(C)(C)C)c(C)c1)c1ccc(CN(CCS(C)(=O)=O)C(=O)O)c(C)c1. The standard InChI is InChI=1S/C30H45NO6S/c1-8-24(11-9-23-10-14-27(22(3)17-23)37-20-28(32)30(4,5)6)25-12-13-26(21(2)18-25)19-31(29(33)34)15-16-38(7,35)36/h10,12-14,17-18,24,28,32H,8-9,11,15-16,19-20H2,1-7H3,(H,33,34). The van der Waals surface area contributed by atoms with Crippen LogP contribution >= 0.6 is 0 Å². The van der Waals surface area contributed by atoms with Crippen LogP contribution in [-0.2, 0) is 22.8 Å². The maximum absolute atomic E-state index is 11.6. The summed E-state index contributed by atoms with van der Waals surface area (Å²) in [5.41, 5.74) is 5.16. The fourth-order valence-corrected chi connectivity index (χ4v) is 4.82. The summed E-state index contributed by atoms with van der Waals surface area (Å²) in [7, 11) is -3.24.